The summed E-state index contributed by atoms with van der Waals surface area (Å²) in [6.07, 6.45) is 58.3. The summed E-state index contributed by atoms with van der Waals surface area (Å²) in [5.41, 5.74) is 0. The van der Waals surface area contributed by atoms with Crippen molar-refractivity contribution in [1.29, 1.82) is 0 Å². The lowest BCUT2D eigenvalue weighted by Gasteiger charge is -2.21. The van der Waals surface area contributed by atoms with E-state index in [4.69, 9.17) is 37.0 Å². The summed E-state index contributed by atoms with van der Waals surface area (Å²) in [5.74, 6) is 1.02. The lowest BCUT2D eigenvalue weighted by atomic mass is 9.99. The van der Waals surface area contributed by atoms with E-state index in [2.05, 4.69) is 55.4 Å². The third-order valence-corrected chi connectivity index (χ3v) is 21.3. The predicted molar refractivity (Wildman–Crippen MR) is 414 cm³/mol. The molecule has 0 aliphatic rings. The number of hydrogen-bond acceptors (Lipinski definition) is 15. The van der Waals surface area contributed by atoms with E-state index >= 15 is 0 Å². The van der Waals surface area contributed by atoms with Crippen LogP contribution in [0.5, 0.6) is 0 Å². The van der Waals surface area contributed by atoms with Gasteiger partial charge < -0.3 is 33.8 Å². The number of unbranched alkanes of at least 4 members (excludes halogenated alkanes) is 44. The van der Waals surface area contributed by atoms with Gasteiger partial charge in [-0.2, -0.15) is 0 Å². The first-order valence-corrected chi connectivity index (χ1v) is 45.2. The molecule has 0 fully saturated rings. The summed E-state index contributed by atoms with van der Waals surface area (Å²) < 4.78 is 68.8. The molecule has 0 aliphatic carbocycles. The second-order valence-electron chi connectivity index (χ2n) is 31.2. The van der Waals surface area contributed by atoms with Crippen LogP contribution in [0.1, 0.15) is 421 Å². The molecule has 0 aliphatic heterocycles. The zero-order valence-corrected chi connectivity index (χ0v) is 68.3. The number of carbonyl (C=O) groups excluding carboxylic acids is 4. The predicted octanol–water partition coefficient (Wildman–Crippen LogP) is 24.4. The fourth-order valence-corrected chi connectivity index (χ4v) is 14.2. The van der Waals surface area contributed by atoms with Gasteiger partial charge in [0, 0.05) is 25.7 Å². The Balaban J connectivity index is 5.23. The molecule has 0 rings (SSSR count). The molecule has 6 atom stereocenters. The van der Waals surface area contributed by atoms with Crippen molar-refractivity contribution >= 4 is 39.5 Å². The number of ether oxygens (including phenoxy) is 4. The Morgan fingerprint density at radius 2 is 0.475 bits per heavy atom. The van der Waals surface area contributed by atoms with E-state index in [0.717, 1.165) is 114 Å². The molecule has 0 radical (unpaired) electrons. The minimum Gasteiger partial charge on any atom is -0.462 e. The van der Waals surface area contributed by atoms with Gasteiger partial charge in [0.05, 0.1) is 26.4 Å². The lowest BCUT2D eigenvalue weighted by molar-refractivity contribution is -0.161. The molecule has 600 valence electrons. The molecule has 0 saturated carbocycles. The minimum atomic E-state index is -4.96. The van der Waals surface area contributed by atoms with Gasteiger partial charge in [-0.3, -0.25) is 37.3 Å². The van der Waals surface area contributed by atoms with Crippen LogP contribution in [0.15, 0.2) is 0 Å². The fourth-order valence-electron chi connectivity index (χ4n) is 12.6. The summed E-state index contributed by atoms with van der Waals surface area (Å²) in [6, 6.07) is 0. The van der Waals surface area contributed by atoms with Gasteiger partial charge in [0.15, 0.2) is 12.2 Å². The zero-order valence-electron chi connectivity index (χ0n) is 66.5. The Labute approximate surface area is 619 Å². The molecular weight excluding hydrogens is 1320 g/mol. The van der Waals surface area contributed by atoms with E-state index in [1.165, 1.54) is 218 Å². The van der Waals surface area contributed by atoms with Crippen LogP contribution in [0.4, 0.5) is 0 Å². The summed E-state index contributed by atoms with van der Waals surface area (Å²) in [6.45, 7) is 14.3. The molecule has 0 aromatic carbocycles. The monoisotopic (exact) mass is 1480 g/mol. The van der Waals surface area contributed by atoms with Crippen LogP contribution >= 0.6 is 15.6 Å². The minimum absolute atomic E-state index is 0.107. The fraction of sp³-hybridized carbons (Fsp3) is 0.951. The highest BCUT2D eigenvalue weighted by atomic mass is 31.2. The van der Waals surface area contributed by atoms with Crippen molar-refractivity contribution in [2.45, 2.75) is 440 Å². The molecule has 4 unspecified atom stereocenters. The highest BCUT2D eigenvalue weighted by molar-refractivity contribution is 7.47. The Morgan fingerprint density at radius 3 is 0.703 bits per heavy atom. The van der Waals surface area contributed by atoms with Gasteiger partial charge in [0.2, 0.25) is 0 Å². The van der Waals surface area contributed by atoms with Crippen molar-refractivity contribution in [3.8, 4) is 0 Å². The van der Waals surface area contributed by atoms with Crippen LogP contribution in [0, 0.1) is 23.7 Å². The molecular formula is C82H160O17P2. The number of rotatable bonds is 79. The van der Waals surface area contributed by atoms with Gasteiger partial charge in [-0.25, -0.2) is 9.13 Å². The van der Waals surface area contributed by atoms with E-state index in [1.807, 2.05) is 0 Å². The Kier molecular flexibility index (Phi) is 69.6. The summed E-state index contributed by atoms with van der Waals surface area (Å²) >= 11 is 0. The molecule has 0 amide bonds. The summed E-state index contributed by atoms with van der Waals surface area (Å²) in [7, 11) is -9.92. The molecule has 101 heavy (non-hydrogen) atoms. The molecule has 0 aromatic heterocycles. The normalized spacial score (nSPS) is 14.3. The third-order valence-electron chi connectivity index (χ3n) is 19.4. The summed E-state index contributed by atoms with van der Waals surface area (Å²) in [5, 5.41) is 10.6. The number of aliphatic hydroxyl groups is 1. The molecule has 0 saturated heterocycles. The largest absolute Gasteiger partial charge is 0.472 e. The third kappa shape index (κ3) is 74.7. The van der Waals surface area contributed by atoms with Crippen LogP contribution in [-0.4, -0.2) is 96.7 Å². The van der Waals surface area contributed by atoms with Gasteiger partial charge in [0.25, 0.3) is 0 Å². The Morgan fingerprint density at radius 1 is 0.277 bits per heavy atom. The van der Waals surface area contributed by atoms with Crippen molar-refractivity contribution in [3.63, 3.8) is 0 Å². The van der Waals surface area contributed by atoms with Crippen LogP contribution in [0.25, 0.3) is 0 Å². The van der Waals surface area contributed by atoms with E-state index in [0.29, 0.717) is 31.6 Å². The van der Waals surface area contributed by atoms with Crippen molar-refractivity contribution in [2.75, 3.05) is 39.6 Å². The molecule has 0 bridgehead atoms. The topological polar surface area (TPSA) is 237 Å². The van der Waals surface area contributed by atoms with Gasteiger partial charge in [-0.15, -0.1) is 0 Å². The second kappa shape index (κ2) is 71.0. The standard InChI is InChI=1S/C82H160O17P2/c1-9-75(8)61-53-45-37-29-23-16-13-14-17-24-30-38-46-54-62-79(84)92-68-77(98-82(87)65-57-49-40-32-26-20-19-22-28-35-43-51-59-73(4)5)70-96-100(88,89)94-66-76(83)67-95-101(90,91)97-71-78(69-93-80(85)63-55-47-41-33-36-44-52-60-74(6)7)99-81(86)64-56-48-39-31-25-18-12-10-11-15-21-27-34-42-50-58-72(2)3/h72-78,83H,9-71H2,1-8H3,(H,88,89)(H,90,91)/t75?,76?,77-,78-/m1/s1. The molecule has 19 heteroatoms. The van der Waals surface area contributed by atoms with Crippen LogP contribution in [0.3, 0.4) is 0 Å². The van der Waals surface area contributed by atoms with Crippen LogP contribution in [-0.2, 0) is 65.4 Å². The number of phosphoric ester groups is 2. The van der Waals surface area contributed by atoms with E-state index in [1.54, 1.807) is 0 Å². The molecule has 17 nitrogen and oxygen atoms in total. The highest BCUT2D eigenvalue weighted by Gasteiger charge is 2.30. The SMILES string of the molecule is CCC(C)CCCCCCCCCCCCCCCCC(=O)OC[C@H](COP(=O)(O)OCC(O)COP(=O)(O)OC[C@@H](COC(=O)CCCCCCCCCC(C)C)OC(=O)CCCCCCCCCCCCCCCCCC(C)C)OC(=O)CCCCCCCCCCCCCCC(C)C. The van der Waals surface area contributed by atoms with Gasteiger partial charge in [-0.1, -0.05) is 370 Å². The Hall–Kier alpha value is -1.94. The number of phosphoric acid groups is 2. The second-order valence-corrected chi connectivity index (χ2v) is 34.1. The van der Waals surface area contributed by atoms with Crippen molar-refractivity contribution in [1.82, 2.24) is 0 Å². The highest BCUT2D eigenvalue weighted by Crippen LogP contribution is 2.45. The van der Waals surface area contributed by atoms with Crippen LogP contribution in [0.2, 0.25) is 0 Å². The number of hydrogen-bond donors (Lipinski definition) is 3. The molecule has 3 N–H and O–H groups in total. The van der Waals surface area contributed by atoms with Crippen molar-refractivity contribution in [2.24, 2.45) is 23.7 Å². The first-order chi connectivity index (χ1) is 48.6. The maximum absolute atomic E-state index is 13.1. The zero-order chi connectivity index (χ0) is 74.6. The van der Waals surface area contributed by atoms with Gasteiger partial charge >= 0.3 is 39.5 Å². The maximum atomic E-state index is 13.1. The Bertz CT molecular complexity index is 1970. The average molecular weight is 1480 g/mol. The van der Waals surface area contributed by atoms with Crippen molar-refractivity contribution in [3.05, 3.63) is 0 Å². The average Bonchev–Trinajstić information content (AvgIpc) is 1.00. The smallest absolute Gasteiger partial charge is 0.462 e. The lowest BCUT2D eigenvalue weighted by Crippen LogP contribution is -2.30. The first kappa shape index (κ1) is 99.1. The molecule has 0 heterocycles. The molecule has 0 spiro atoms. The van der Waals surface area contributed by atoms with E-state index in [9.17, 15) is 43.2 Å². The molecule has 0 aromatic rings. The van der Waals surface area contributed by atoms with Gasteiger partial charge in [-0.05, 0) is 49.4 Å². The maximum Gasteiger partial charge on any atom is 0.472 e. The quantitative estimate of drug-likeness (QED) is 0.0222. The summed E-state index contributed by atoms with van der Waals surface area (Å²) in [4.78, 5) is 73.1. The van der Waals surface area contributed by atoms with Gasteiger partial charge in [0.1, 0.15) is 19.3 Å². The van der Waals surface area contributed by atoms with E-state index in [-0.39, 0.29) is 25.7 Å². The first-order valence-electron chi connectivity index (χ1n) is 42.2. The number of carbonyl (C=O) groups is 4. The number of aliphatic hydroxyl groups excluding tert-OH is 1. The van der Waals surface area contributed by atoms with Crippen LogP contribution < -0.4 is 0 Å². The van der Waals surface area contributed by atoms with Crippen molar-refractivity contribution < 1.29 is 80.2 Å². The number of esters is 4. The van der Waals surface area contributed by atoms with E-state index < -0.39 is 97.5 Å².